The van der Waals surface area contributed by atoms with Crippen LogP contribution in [-0.2, 0) is 9.53 Å². The van der Waals surface area contributed by atoms with E-state index in [-0.39, 0.29) is 12.1 Å². The zero-order chi connectivity index (χ0) is 15.9. The summed E-state index contributed by atoms with van der Waals surface area (Å²) in [7, 11) is 0. The monoisotopic (exact) mass is 306 g/mol. The predicted octanol–water partition coefficient (Wildman–Crippen LogP) is 5.66. The van der Waals surface area contributed by atoms with E-state index in [1.54, 1.807) is 6.92 Å². The van der Waals surface area contributed by atoms with E-state index in [0.29, 0.717) is 5.57 Å². The molecule has 2 rings (SSSR count). The molecule has 0 radical (unpaired) electrons. The van der Waals surface area contributed by atoms with E-state index in [0.717, 1.165) is 30.6 Å². The molecule has 0 saturated heterocycles. The lowest BCUT2D eigenvalue weighted by molar-refractivity contribution is -0.146. The molecule has 0 aromatic rings. The highest BCUT2D eigenvalue weighted by Gasteiger charge is 2.31. The van der Waals surface area contributed by atoms with Crippen LogP contribution < -0.4 is 0 Å². The Kier molecular flexibility index (Phi) is 6.98. The van der Waals surface area contributed by atoms with Gasteiger partial charge in [-0.1, -0.05) is 45.6 Å². The molecule has 2 aliphatic carbocycles. The van der Waals surface area contributed by atoms with E-state index in [4.69, 9.17) is 4.74 Å². The topological polar surface area (TPSA) is 26.3 Å². The second-order valence-corrected chi connectivity index (χ2v) is 7.65. The lowest BCUT2D eigenvalue weighted by atomic mass is 9.70. The summed E-state index contributed by atoms with van der Waals surface area (Å²) < 4.78 is 5.51. The first kappa shape index (κ1) is 17.6. The van der Waals surface area contributed by atoms with Crippen LogP contribution in [0.5, 0.6) is 0 Å². The Balaban J connectivity index is 1.67. The normalized spacial score (nSPS) is 32.5. The van der Waals surface area contributed by atoms with Crippen molar-refractivity contribution in [3.63, 3.8) is 0 Å². The lowest BCUT2D eigenvalue weighted by Gasteiger charge is -2.37. The summed E-state index contributed by atoms with van der Waals surface area (Å²) in [6.45, 7) is 7.69. The molecule has 0 N–H and O–H groups in total. The van der Waals surface area contributed by atoms with Gasteiger partial charge in [0, 0.05) is 5.57 Å². The maximum Gasteiger partial charge on any atom is 0.333 e. The number of esters is 1. The molecule has 126 valence electrons. The van der Waals surface area contributed by atoms with Crippen LogP contribution in [0.1, 0.15) is 84.5 Å². The summed E-state index contributed by atoms with van der Waals surface area (Å²) in [6.07, 6.45) is 14.7. The summed E-state index contributed by atoms with van der Waals surface area (Å²) in [5, 5.41) is 0. The summed E-state index contributed by atoms with van der Waals surface area (Å²) in [5.41, 5.74) is 0.521. The van der Waals surface area contributed by atoms with E-state index in [2.05, 4.69) is 13.5 Å². The zero-order valence-electron chi connectivity index (χ0n) is 14.6. The van der Waals surface area contributed by atoms with Gasteiger partial charge in [0.1, 0.15) is 6.10 Å². The minimum atomic E-state index is -0.208. The van der Waals surface area contributed by atoms with Crippen molar-refractivity contribution in [1.29, 1.82) is 0 Å². The van der Waals surface area contributed by atoms with Crippen LogP contribution in [0.3, 0.4) is 0 Å². The van der Waals surface area contributed by atoms with E-state index in [1.807, 2.05) is 0 Å². The Hall–Kier alpha value is -0.790. The third-order valence-electron chi connectivity index (χ3n) is 5.87. The van der Waals surface area contributed by atoms with Gasteiger partial charge in [-0.2, -0.15) is 0 Å². The second-order valence-electron chi connectivity index (χ2n) is 7.65. The van der Waals surface area contributed by atoms with Crippen LogP contribution in [-0.4, -0.2) is 12.1 Å². The third-order valence-corrected chi connectivity index (χ3v) is 5.87. The van der Waals surface area contributed by atoms with Crippen molar-refractivity contribution in [2.45, 2.75) is 90.6 Å². The van der Waals surface area contributed by atoms with Crippen molar-refractivity contribution >= 4 is 5.97 Å². The van der Waals surface area contributed by atoms with Crippen LogP contribution in [0.15, 0.2) is 12.2 Å². The molecule has 0 amide bonds. The molecule has 2 fully saturated rings. The van der Waals surface area contributed by atoms with E-state index < -0.39 is 0 Å². The molecule has 0 unspecified atom stereocenters. The number of carbonyl (C=O) groups excluding carboxylic acids is 1. The van der Waals surface area contributed by atoms with Gasteiger partial charge >= 0.3 is 5.97 Å². The molecule has 2 nitrogen and oxygen atoms in total. The molecule has 2 heteroatoms. The average molecular weight is 306 g/mol. The first-order valence-corrected chi connectivity index (χ1v) is 9.46. The Morgan fingerprint density at radius 1 is 1.00 bits per heavy atom. The maximum atomic E-state index is 11.6. The van der Waals surface area contributed by atoms with Crippen molar-refractivity contribution in [3.8, 4) is 0 Å². The second kappa shape index (κ2) is 8.74. The van der Waals surface area contributed by atoms with Gasteiger partial charge in [-0.25, -0.2) is 4.79 Å². The van der Waals surface area contributed by atoms with Gasteiger partial charge in [-0.05, 0) is 63.2 Å². The molecule has 2 saturated carbocycles. The largest absolute Gasteiger partial charge is 0.459 e. The van der Waals surface area contributed by atoms with Crippen LogP contribution in [0.25, 0.3) is 0 Å². The van der Waals surface area contributed by atoms with Gasteiger partial charge in [0.05, 0.1) is 0 Å². The first-order valence-electron chi connectivity index (χ1n) is 9.46. The summed E-state index contributed by atoms with van der Waals surface area (Å²) in [6, 6.07) is 0. The molecular formula is C20H34O2. The van der Waals surface area contributed by atoms with Gasteiger partial charge in [-0.15, -0.1) is 0 Å². The number of hydrogen-bond acceptors (Lipinski definition) is 2. The average Bonchev–Trinajstić information content (AvgIpc) is 2.54. The van der Waals surface area contributed by atoms with Gasteiger partial charge in [0.15, 0.2) is 0 Å². The van der Waals surface area contributed by atoms with E-state index in [9.17, 15) is 4.79 Å². The lowest BCUT2D eigenvalue weighted by Crippen LogP contribution is -2.29. The Morgan fingerprint density at radius 2 is 1.55 bits per heavy atom. The smallest absolute Gasteiger partial charge is 0.333 e. The molecule has 2 aliphatic rings. The molecular weight excluding hydrogens is 272 g/mol. The standard InChI is InChI=1S/C20H34O2/c1-4-5-6-16-7-9-17(10-8-16)18-11-13-19(14-12-18)22-20(21)15(2)3/h16-19H,2,4-14H2,1,3H3. The van der Waals surface area contributed by atoms with Crippen molar-refractivity contribution in [2.24, 2.45) is 17.8 Å². The van der Waals surface area contributed by atoms with Crippen molar-refractivity contribution in [1.82, 2.24) is 0 Å². The van der Waals surface area contributed by atoms with E-state index in [1.165, 1.54) is 57.8 Å². The Morgan fingerprint density at radius 3 is 2.05 bits per heavy atom. The third kappa shape index (κ3) is 5.14. The molecule has 0 spiro atoms. The molecule has 0 aromatic carbocycles. The Bertz CT molecular complexity index is 358. The summed E-state index contributed by atoms with van der Waals surface area (Å²) >= 11 is 0. The zero-order valence-corrected chi connectivity index (χ0v) is 14.6. The maximum absolute atomic E-state index is 11.6. The highest BCUT2D eigenvalue weighted by molar-refractivity contribution is 5.87. The molecule has 0 bridgehead atoms. The minimum Gasteiger partial charge on any atom is -0.459 e. The number of unbranched alkanes of at least 4 members (excludes halogenated alkanes) is 1. The minimum absolute atomic E-state index is 0.140. The number of ether oxygens (including phenoxy) is 1. The fourth-order valence-electron chi connectivity index (χ4n) is 4.37. The van der Waals surface area contributed by atoms with Crippen molar-refractivity contribution in [3.05, 3.63) is 12.2 Å². The summed E-state index contributed by atoms with van der Waals surface area (Å²) in [5.74, 6) is 2.62. The quantitative estimate of drug-likeness (QED) is 0.467. The molecule has 0 aromatic heterocycles. The van der Waals surface area contributed by atoms with Gasteiger partial charge in [0.2, 0.25) is 0 Å². The van der Waals surface area contributed by atoms with Gasteiger partial charge < -0.3 is 4.74 Å². The molecule has 22 heavy (non-hydrogen) atoms. The SMILES string of the molecule is C=C(C)C(=O)OC1CCC(C2CCC(CCCC)CC2)CC1. The highest BCUT2D eigenvalue weighted by atomic mass is 16.5. The van der Waals surface area contributed by atoms with Crippen LogP contribution in [0, 0.1) is 17.8 Å². The van der Waals surface area contributed by atoms with Crippen LogP contribution in [0.2, 0.25) is 0 Å². The molecule has 0 aliphatic heterocycles. The number of rotatable bonds is 6. The first-order chi connectivity index (χ1) is 10.6. The van der Waals surface area contributed by atoms with Crippen molar-refractivity contribution in [2.75, 3.05) is 0 Å². The van der Waals surface area contributed by atoms with Crippen LogP contribution in [0.4, 0.5) is 0 Å². The fourth-order valence-corrected chi connectivity index (χ4v) is 4.37. The van der Waals surface area contributed by atoms with Crippen LogP contribution >= 0.6 is 0 Å². The fraction of sp³-hybridized carbons (Fsp3) is 0.850. The number of hydrogen-bond donors (Lipinski definition) is 0. The van der Waals surface area contributed by atoms with Gasteiger partial charge in [-0.3, -0.25) is 0 Å². The van der Waals surface area contributed by atoms with Crippen molar-refractivity contribution < 1.29 is 9.53 Å². The Labute approximate surface area is 136 Å². The summed E-state index contributed by atoms with van der Waals surface area (Å²) in [4.78, 5) is 11.6. The molecule has 0 heterocycles. The number of carbonyl (C=O) groups is 1. The molecule has 0 atom stereocenters. The predicted molar refractivity (Wildman–Crippen MR) is 91.6 cm³/mol. The highest BCUT2D eigenvalue weighted by Crippen LogP contribution is 2.41. The van der Waals surface area contributed by atoms with E-state index >= 15 is 0 Å². The van der Waals surface area contributed by atoms with Gasteiger partial charge in [0.25, 0.3) is 0 Å².